The number of nitrogens with zero attached hydrogens (tertiary/aromatic N) is 3. The summed E-state index contributed by atoms with van der Waals surface area (Å²) in [4.78, 5) is 8.40. The maximum absolute atomic E-state index is 11.5. The Kier molecular flexibility index (Phi) is 4.57. The molecule has 0 N–H and O–H groups in total. The van der Waals surface area contributed by atoms with Crippen LogP contribution >= 0.6 is 34.8 Å². The van der Waals surface area contributed by atoms with E-state index in [4.69, 9.17) is 34.8 Å². The van der Waals surface area contributed by atoms with Crippen LogP contribution < -0.4 is 0 Å². The molecule has 0 bridgehead atoms. The van der Waals surface area contributed by atoms with Crippen LogP contribution in [-0.2, 0) is 9.84 Å². The Morgan fingerprint density at radius 2 is 1.75 bits per heavy atom. The van der Waals surface area contributed by atoms with Gasteiger partial charge in [-0.2, -0.15) is 0 Å². The van der Waals surface area contributed by atoms with E-state index in [-0.39, 0.29) is 10.0 Å². The molecule has 5 nitrogen and oxygen atoms in total. The molecule has 124 valence electrons. The molecule has 0 radical (unpaired) electrons. The van der Waals surface area contributed by atoms with Gasteiger partial charge in [0, 0.05) is 18.0 Å². The summed E-state index contributed by atoms with van der Waals surface area (Å²) in [6.07, 6.45) is 3.92. The van der Waals surface area contributed by atoms with Crippen molar-refractivity contribution < 1.29 is 8.42 Å². The Morgan fingerprint density at radius 1 is 1.00 bits per heavy atom. The molecule has 0 saturated carbocycles. The first kappa shape index (κ1) is 17.2. The number of pyridine rings is 1. The summed E-state index contributed by atoms with van der Waals surface area (Å²) >= 11 is 18.2. The van der Waals surface area contributed by atoms with Gasteiger partial charge in [0.25, 0.3) is 0 Å². The molecule has 9 heteroatoms. The predicted octanol–water partition coefficient (Wildman–Crippen LogP) is 4.30. The molecular weight excluding hydrogens is 393 g/mol. The summed E-state index contributed by atoms with van der Waals surface area (Å²) in [5.41, 5.74) is 1.29. The molecule has 3 rings (SSSR count). The minimum absolute atomic E-state index is 0.133. The summed E-state index contributed by atoms with van der Waals surface area (Å²) in [6.45, 7) is 0. The van der Waals surface area contributed by atoms with E-state index in [2.05, 4.69) is 9.97 Å². The topological polar surface area (TPSA) is 64.8 Å². The Hall–Kier alpha value is -1.60. The van der Waals surface area contributed by atoms with Crippen LogP contribution in [0.25, 0.3) is 17.1 Å². The quantitative estimate of drug-likeness (QED) is 0.655. The lowest BCUT2D eigenvalue weighted by Crippen LogP contribution is -2.02. The van der Waals surface area contributed by atoms with E-state index < -0.39 is 9.84 Å². The fraction of sp³-hybridized carbons (Fsp3) is 0.0667. The molecule has 0 spiro atoms. The normalized spacial score (nSPS) is 11.7. The van der Waals surface area contributed by atoms with E-state index in [1.807, 2.05) is 0 Å². The third-order valence-corrected chi connectivity index (χ3v) is 5.43. The highest BCUT2D eigenvalue weighted by atomic mass is 35.5. The van der Waals surface area contributed by atoms with E-state index in [1.54, 1.807) is 28.8 Å². The van der Waals surface area contributed by atoms with Crippen LogP contribution in [0.4, 0.5) is 0 Å². The van der Waals surface area contributed by atoms with Crippen molar-refractivity contribution in [2.45, 2.75) is 4.90 Å². The molecule has 0 fully saturated rings. The number of hydrogen-bond donors (Lipinski definition) is 0. The number of halogens is 3. The highest BCUT2D eigenvalue weighted by molar-refractivity contribution is 7.90. The molecule has 0 unspecified atom stereocenters. The second-order valence-corrected chi connectivity index (χ2v) is 8.20. The molecule has 0 saturated heterocycles. The highest BCUT2D eigenvalue weighted by Gasteiger charge is 2.16. The largest absolute Gasteiger partial charge is 0.281 e. The smallest absolute Gasteiger partial charge is 0.177 e. The number of hydrogen-bond acceptors (Lipinski definition) is 4. The zero-order valence-corrected chi connectivity index (χ0v) is 15.3. The second-order valence-electron chi connectivity index (χ2n) is 5.01. The van der Waals surface area contributed by atoms with E-state index in [9.17, 15) is 8.42 Å². The SMILES string of the molecule is CS(=O)(=O)c1ccc(-n2cnc(Cl)c2-c2ccc(Cl)c(Cl)c2)nc1. The standard InChI is InChI=1S/C15H10Cl3N3O2S/c1-24(22,23)10-3-5-13(19-7-10)21-8-20-15(18)14(21)9-2-4-11(16)12(17)6-9/h2-8H,1H3. The lowest BCUT2D eigenvalue weighted by molar-refractivity contribution is 0.601. The molecule has 3 aromatic rings. The molecule has 1 aromatic carbocycles. The maximum Gasteiger partial charge on any atom is 0.177 e. The first-order valence-electron chi connectivity index (χ1n) is 6.62. The number of aromatic nitrogens is 3. The van der Waals surface area contributed by atoms with Crippen molar-refractivity contribution in [3.05, 3.63) is 58.1 Å². The van der Waals surface area contributed by atoms with Crippen molar-refractivity contribution in [2.24, 2.45) is 0 Å². The fourth-order valence-corrected chi connectivity index (χ4v) is 3.24. The van der Waals surface area contributed by atoms with Gasteiger partial charge in [-0.15, -0.1) is 0 Å². The van der Waals surface area contributed by atoms with Gasteiger partial charge in [0.1, 0.15) is 12.1 Å². The first-order chi connectivity index (χ1) is 11.3. The summed E-state index contributed by atoms with van der Waals surface area (Å²) < 4.78 is 24.7. The summed E-state index contributed by atoms with van der Waals surface area (Å²) in [6, 6.07) is 8.15. The minimum Gasteiger partial charge on any atom is -0.281 e. The Morgan fingerprint density at radius 3 is 2.33 bits per heavy atom. The van der Waals surface area contributed by atoms with Gasteiger partial charge in [0.15, 0.2) is 15.0 Å². The van der Waals surface area contributed by atoms with E-state index >= 15 is 0 Å². The summed E-state index contributed by atoms with van der Waals surface area (Å²) in [5.74, 6) is 0.475. The molecule has 0 atom stereocenters. The Bertz CT molecular complexity index is 1010. The number of sulfone groups is 1. The molecule has 0 aliphatic carbocycles. The van der Waals surface area contributed by atoms with Crippen molar-refractivity contribution >= 4 is 44.6 Å². The zero-order chi connectivity index (χ0) is 17.5. The van der Waals surface area contributed by atoms with Crippen LogP contribution in [0.15, 0.2) is 47.8 Å². The molecule has 2 aromatic heterocycles. The van der Waals surface area contributed by atoms with Gasteiger partial charge in [-0.25, -0.2) is 18.4 Å². The average molecular weight is 403 g/mol. The zero-order valence-electron chi connectivity index (χ0n) is 12.2. The molecule has 0 aliphatic heterocycles. The Labute approximate surface area is 153 Å². The third-order valence-electron chi connectivity index (χ3n) is 3.31. The summed E-state index contributed by atoms with van der Waals surface area (Å²) in [7, 11) is -3.31. The van der Waals surface area contributed by atoms with Crippen LogP contribution in [0.2, 0.25) is 15.2 Å². The van der Waals surface area contributed by atoms with Crippen LogP contribution in [-0.4, -0.2) is 29.2 Å². The van der Waals surface area contributed by atoms with E-state index in [0.29, 0.717) is 27.1 Å². The van der Waals surface area contributed by atoms with Gasteiger partial charge in [-0.1, -0.05) is 40.9 Å². The lowest BCUT2D eigenvalue weighted by Gasteiger charge is -2.09. The molecule has 24 heavy (non-hydrogen) atoms. The molecular formula is C15H10Cl3N3O2S. The maximum atomic E-state index is 11.5. The molecule has 0 amide bonds. The third kappa shape index (κ3) is 3.28. The van der Waals surface area contributed by atoms with Crippen molar-refractivity contribution in [2.75, 3.05) is 6.26 Å². The number of imidazole rings is 1. The van der Waals surface area contributed by atoms with Gasteiger partial charge in [-0.05, 0) is 24.3 Å². The van der Waals surface area contributed by atoms with Crippen LogP contribution in [0.1, 0.15) is 0 Å². The molecule has 0 aliphatic rings. The van der Waals surface area contributed by atoms with E-state index in [1.165, 1.54) is 18.6 Å². The lowest BCUT2D eigenvalue weighted by atomic mass is 10.1. The van der Waals surface area contributed by atoms with Gasteiger partial charge in [-0.3, -0.25) is 4.57 Å². The number of rotatable bonds is 3. The van der Waals surface area contributed by atoms with Crippen molar-refractivity contribution in [1.82, 2.24) is 14.5 Å². The van der Waals surface area contributed by atoms with Crippen LogP contribution in [0.3, 0.4) is 0 Å². The minimum atomic E-state index is -3.31. The Balaban J connectivity index is 2.12. The van der Waals surface area contributed by atoms with Gasteiger partial charge >= 0.3 is 0 Å². The van der Waals surface area contributed by atoms with Gasteiger partial charge in [0.2, 0.25) is 0 Å². The monoisotopic (exact) mass is 401 g/mol. The second kappa shape index (κ2) is 6.37. The summed E-state index contributed by atoms with van der Waals surface area (Å²) in [5, 5.41) is 1.08. The highest BCUT2D eigenvalue weighted by Crippen LogP contribution is 2.33. The first-order valence-corrected chi connectivity index (χ1v) is 9.64. The number of benzene rings is 1. The van der Waals surface area contributed by atoms with Crippen molar-refractivity contribution in [1.29, 1.82) is 0 Å². The van der Waals surface area contributed by atoms with Gasteiger partial charge in [0.05, 0.1) is 20.6 Å². The van der Waals surface area contributed by atoms with Crippen LogP contribution in [0.5, 0.6) is 0 Å². The predicted molar refractivity (Wildman–Crippen MR) is 94.9 cm³/mol. The molecule has 2 heterocycles. The fourth-order valence-electron chi connectivity index (χ4n) is 2.14. The van der Waals surface area contributed by atoms with Crippen molar-refractivity contribution in [3.8, 4) is 17.1 Å². The average Bonchev–Trinajstić information content (AvgIpc) is 2.91. The van der Waals surface area contributed by atoms with Crippen molar-refractivity contribution in [3.63, 3.8) is 0 Å². The van der Waals surface area contributed by atoms with Gasteiger partial charge < -0.3 is 0 Å². The van der Waals surface area contributed by atoms with E-state index in [0.717, 1.165) is 6.26 Å². The van der Waals surface area contributed by atoms with Crippen LogP contribution in [0, 0.1) is 0 Å².